The minimum Gasteiger partial charge on any atom is -0.474 e. The van der Waals surface area contributed by atoms with Crippen LogP contribution in [0.2, 0.25) is 0 Å². The number of anilines is 2. The van der Waals surface area contributed by atoms with E-state index >= 15 is 0 Å². The summed E-state index contributed by atoms with van der Waals surface area (Å²) in [5, 5.41) is 5.61. The summed E-state index contributed by atoms with van der Waals surface area (Å²) >= 11 is 0. The quantitative estimate of drug-likeness (QED) is 0.484. The Bertz CT molecular complexity index is 1150. The van der Waals surface area contributed by atoms with Crippen molar-refractivity contribution in [1.29, 1.82) is 0 Å². The summed E-state index contributed by atoms with van der Waals surface area (Å²) < 4.78 is 59.8. The zero-order valence-corrected chi connectivity index (χ0v) is 22.7. The lowest BCUT2D eigenvalue weighted by Crippen LogP contribution is -2.41. The van der Waals surface area contributed by atoms with Crippen LogP contribution in [0.25, 0.3) is 0 Å². The normalized spacial score (nSPS) is 22.2. The van der Waals surface area contributed by atoms with Gasteiger partial charge in [0.15, 0.2) is 0 Å². The van der Waals surface area contributed by atoms with E-state index in [1.54, 1.807) is 18.3 Å². The van der Waals surface area contributed by atoms with Crippen LogP contribution >= 0.6 is 0 Å². The number of aromatic nitrogens is 2. The van der Waals surface area contributed by atoms with Gasteiger partial charge in [0.05, 0.1) is 26.4 Å². The van der Waals surface area contributed by atoms with E-state index in [4.69, 9.17) is 14.2 Å². The van der Waals surface area contributed by atoms with Crippen LogP contribution in [0.1, 0.15) is 31.2 Å². The number of nitrogens with zero attached hydrogens (tertiary/aromatic N) is 4. The topological polar surface area (TPSA) is 110 Å². The van der Waals surface area contributed by atoms with Crippen LogP contribution in [-0.4, -0.2) is 92.0 Å². The number of urea groups is 1. The van der Waals surface area contributed by atoms with Gasteiger partial charge in [-0.1, -0.05) is 0 Å². The molecule has 1 aliphatic carbocycles. The van der Waals surface area contributed by atoms with E-state index in [2.05, 4.69) is 35.1 Å². The largest absolute Gasteiger partial charge is 0.573 e. The number of ether oxygens (including phenoxy) is 4. The SMILES string of the molecule is O=C(Nc1cc(CN2CCOCC2)cc(OC(F)(F)F)c1)NC1CCC(Oc2ccnc(N3CCOCC3)n2)CC1. The van der Waals surface area contributed by atoms with Gasteiger partial charge in [0, 0.05) is 62.8 Å². The Morgan fingerprint density at radius 2 is 1.71 bits per heavy atom. The fourth-order valence-electron chi connectivity index (χ4n) is 5.20. The molecule has 2 saturated heterocycles. The molecule has 3 aliphatic rings. The minimum absolute atomic E-state index is 0.0394. The van der Waals surface area contributed by atoms with Gasteiger partial charge >= 0.3 is 12.4 Å². The van der Waals surface area contributed by atoms with Gasteiger partial charge in [-0.15, -0.1) is 13.2 Å². The second-order valence-electron chi connectivity index (χ2n) is 10.3. The summed E-state index contributed by atoms with van der Waals surface area (Å²) in [5.41, 5.74) is 0.826. The van der Waals surface area contributed by atoms with Crippen LogP contribution in [0, 0.1) is 0 Å². The first kappa shape index (κ1) is 29.1. The van der Waals surface area contributed by atoms with Crippen molar-refractivity contribution in [1.82, 2.24) is 20.2 Å². The fraction of sp³-hybridized carbons (Fsp3) is 0.593. The Morgan fingerprint density at radius 1 is 1.00 bits per heavy atom. The number of benzene rings is 1. The molecule has 41 heavy (non-hydrogen) atoms. The Morgan fingerprint density at radius 3 is 2.41 bits per heavy atom. The van der Waals surface area contributed by atoms with Gasteiger partial charge in [0.25, 0.3) is 0 Å². The van der Waals surface area contributed by atoms with Crippen molar-refractivity contribution in [3.63, 3.8) is 0 Å². The maximum Gasteiger partial charge on any atom is 0.573 e. The number of rotatable bonds is 8. The Kier molecular flexibility index (Phi) is 9.62. The fourth-order valence-corrected chi connectivity index (χ4v) is 5.20. The predicted molar refractivity (Wildman–Crippen MR) is 143 cm³/mol. The monoisotopic (exact) mass is 580 g/mol. The molecule has 0 bridgehead atoms. The molecule has 0 radical (unpaired) electrons. The van der Waals surface area contributed by atoms with E-state index < -0.39 is 12.4 Å². The van der Waals surface area contributed by atoms with Crippen molar-refractivity contribution in [3.05, 3.63) is 36.0 Å². The smallest absolute Gasteiger partial charge is 0.474 e. The number of alkyl halides is 3. The van der Waals surface area contributed by atoms with Crippen LogP contribution in [-0.2, 0) is 16.0 Å². The molecule has 2 amide bonds. The molecular formula is C27H35F3N6O5. The number of morpholine rings is 2. The minimum atomic E-state index is -4.84. The van der Waals surface area contributed by atoms with Crippen molar-refractivity contribution in [3.8, 4) is 11.6 Å². The molecule has 3 heterocycles. The molecule has 0 spiro atoms. The summed E-state index contributed by atoms with van der Waals surface area (Å²) in [6.07, 6.45) is -0.360. The summed E-state index contributed by atoms with van der Waals surface area (Å²) in [6.45, 7) is 5.64. The number of nitrogens with one attached hydrogen (secondary N) is 2. The molecule has 1 aromatic heterocycles. The molecule has 2 N–H and O–H groups in total. The second kappa shape index (κ2) is 13.5. The molecule has 14 heteroatoms. The Hall–Kier alpha value is -3.36. The summed E-state index contributed by atoms with van der Waals surface area (Å²) in [4.78, 5) is 25.8. The zero-order chi connectivity index (χ0) is 28.7. The maximum absolute atomic E-state index is 12.9. The lowest BCUT2D eigenvalue weighted by Gasteiger charge is -2.30. The highest BCUT2D eigenvalue weighted by Crippen LogP contribution is 2.29. The van der Waals surface area contributed by atoms with Crippen LogP contribution < -0.4 is 25.0 Å². The highest BCUT2D eigenvalue weighted by atomic mass is 19.4. The third kappa shape index (κ3) is 9.07. The number of carbonyl (C=O) groups is 1. The zero-order valence-electron chi connectivity index (χ0n) is 22.7. The number of amides is 2. The number of halogens is 3. The summed E-state index contributed by atoms with van der Waals surface area (Å²) in [7, 11) is 0. The van der Waals surface area contributed by atoms with Gasteiger partial charge in [0.2, 0.25) is 11.8 Å². The van der Waals surface area contributed by atoms with E-state index in [0.717, 1.165) is 25.9 Å². The third-order valence-corrected chi connectivity index (χ3v) is 7.18. The molecular weight excluding hydrogens is 545 g/mol. The van der Waals surface area contributed by atoms with Crippen molar-refractivity contribution < 1.29 is 36.9 Å². The molecule has 1 saturated carbocycles. The van der Waals surface area contributed by atoms with Gasteiger partial charge in [-0.05, 0) is 43.4 Å². The molecule has 5 rings (SSSR count). The van der Waals surface area contributed by atoms with Gasteiger partial charge in [-0.3, -0.25) is 4.90 Å². The van der Waals surface area contributed by atoms with Crippen molar-refractivity contribution >= 4 is 17.7 Å². The second-order valence-corrected chi connectivity index (χ2v) is 10.3. The molecule has 1 aromatic carbocycles. The highest BCUT2D eigenvalue weighted by molar-refractivity contribution is 5.89. The first-order valence-corrected chi connectivity index (χ1v) is 13.9. The molecule has 0 atom stereocenters. The summed E-state index contributed by atoms with van der Waals surface area (Å²) in [6, 6.07) is 5.35. The van der Waals surface area contributed by atoms with Crippen LogP contribution in [0.3, 0.4) is 0 Å². The lowest BCUT2D eigenvalue weighted by molar-refractivity contribution is -0.274. The first-order valence-electron chi connectivity index (χ1n) is 13.9. The van der Waals surface area contributed by atoms with E-state index in [-0.39, 0.29) is 23.6 Å². The average molecular weight is 581 g/mol. The van der Waals surface area contributed by atoms with Crippen molar-refractivity contribution in [2.75, 3.05) is 62.8 Å². The Labute approximate surface area is 236 Å². The predicted octanol–water partition coefficient (Wildman–Crippen LogP) is 3.56. The van der Waals surface area contributed by atoms with Gasteiger partial charge < -0.3 is 34.5 Å². The van der Waals surface area contributed by atoms with Crippen molar-refractivity contribution in [2.24, 2.45) is 0 Å². The van der Waals surface area contributed by atoms with Crippen LogP contribution in [0.5, 0.6) is 11.6 Å². The third-order valence-electron chi connectivity index (χ3n) is 7.18. The van der Waals surface area contributed by atoms with E-state index in [1.807, 2.05) is 0 Å². The molecule has 224 valence electrons. The summed E-state index contributed by atoms with van der Waals surface area (Å²) in [5.74, 6) is 0.762. The molecule has 3 fully saturated rings. The van der Waals surface area contributed by atoms with E-state index in [1.165, 1.54) is 12.1 Å². The maximum atomic E-state index is 12.9. The molecule has 11 nitrogen and oxygen atoms in total. The van der Waals surface area contributed by atoms with E-state index in [9.17, 15) is 18.0 Å². The standard InChI is InChI=1S/C27H35F3N6O5/c28-27(29,30)41-23-16-19(18-35-7-11-38-12-8-35)15-21(17-23)33-26(37)32-20-1-3-22(4-2-20)40-24-5-6-31-25(34-24)36-9-13-39-14-10-36/h5-6,15-17,20,22H,1-4,7-14,18H2,(H2,32,33,37). The van der Waals surface area contributed by atoms with E-state index in [0.29, 0.717) is 76.3 Å². The highest BCUT2D eigenvalue weighted by Gasteiger charge is 2.31. The lowest BCUT2D eigenvalue weighted by atomic mass is 9.93. The number of carbonyl (C=O) groups excluding carboxylic acids is 1. The average Bonchev–Trinajstić information content (AvgIpc) is 2.94. The molecule has 2 aromatic rings. The van der Waals surface area contributed by atoms with Crippen molar-refractivity contribution in [2.45, 2.75) is 50.7 Å². The van der Waals surface area contributed by atoms with Gasteiger partial charge in [-0.2, -0.15) is 4.98 Å². The Balaban J connectivity index is 1.12. The molecule has 0 unspecified atom stereocenters. The first-order chi connectivity index (χ1) is 19.8. The van der Waals surface area contributed by atoms with Gasteiger partial charge in [0.1, 0.15) is 11.9 Å². The number of hydrogen-bond donors (Lipinski definition) is 2. The van der Waals surface area contributed by atoms with Gasteiger partial charge in [-0.25, -0.2) is 9.78 Å². The van der Waals surface area contributed by atoms with Crippen LogP contribution in [0.4, 0.5) is 29.6 Å². The number of hydrogen-bond acceptors (Lipinski definition) is 9. The molecule has 2 aliphatic heterocycles. The van der Waals surface area contributed by atoms with Crippen LogP contribution in [0.15, 0.2) is 30.5 Å².